The summed E-state index contributed by atoms with van der Waals surface area (Å²) < 4.78 is 0. The van der Waals surface area contributed by atoms with Crippen LogP contribution in [0.3, 0.4) is 0 Å². The highest BCUT2D eigenvalue weighted by Gasteiger charge is 2.32. The minimum absolute atomic E-state index is 0.0455. The molecule has 0 saturated carbocycles. The molecule has 0 aromatic rings. The van der Waals surface area contributed by atoms with Gasteiger partial charge in [0.25, 0.3) is 0 Å². The van der Waals surface area contributed by atoms with Crippen LogP contribution in [0.2, 0.25) is 0 Å². The Morgan fingerprint density at radius 1 is 0.424 bits per heavy atom. The standard InChI is InChI=1S/C42H77N13O11/c1-22(2)15-26(44)37(61)48-19-35(60)53-29(16-23(3)4)39(63)50-21-34(59)52-28(12-13-31(45)56)38(62)49-20-33(58)51-27(11-9-10-14-43)41(65)55-36(25(7)8)42(66)54-30(17-24(5)6)40(64)47-18-32(46)57/h22-30,36H,9-21,43-44H2,1-8H3,(H2,45,56)(H2,46,57)(H,47,64)(H,48,61)(H,49,62)(H,50,63)(H,51,58)(H,52,59)(H,53,60)(H,54,66)(H,55,65)/t26-,27-,28-,29-,30-,36-/m0/s1. The van der Waals surface area contributed by atoms with E-state index in [2.05, 4.69) is 47.9 Å². The van der Waals surface area contributed by atoms with Gasteiger partial charge in [-0.25, -0.2) is 0 Å². The zero-order valence-electron chi connectivity index (χ0n) is 39.8. The SMILES string of the molecule is CC(C)C[C@H](NC(=O)CNC(=O)[C@@H](N)CC(C)C)C(=O)NCC(=O)N[C@@H](CCC(N)=O)C(=O)NCC(=O)N[C@@H](CCCCN)C(=O)N[C@H](C(=O)N[C@@H](CC(C)C)C(=O)NCC(N)=O)C(C)C. The lowest BCUT2D eigenvalue weighted by atomic mass is 9.99. The maximum Gasteiger partial charge on any atom is 0.243 e. The van der Waals surface area contributed by atoms with Crippen molar-refractivity contribution in [1.82, 2.24) is 47.9 Å². The fraction of sp³-hybridized carbons (Fsp3) is 0.738. The molecule has 0 aliphatic heterocycles. The van der Waals surface area contributed by atoms with Gasteiger partial charge in [-0.15, -0.1) is 0 Å². The third kappa shape index (κ3) is 26.8. The van der Waals surface area contributed by atoms with Crippen molar-refractivity contribution in [3.05, 3.63) is 0 Å². The maximum absolute atomic E-state index is 13.6. The van der Waals surface area contributed by atoms with Crippen LogP contribution in [0, 0.1) is 23.7 Å². The molecule has 11 amide bonds. The van der Waals surface area contributed by atoms with E-state index in [0.717, 1.165) is 0 Å². The zero-order chi connectivity index (χ0) is 50.7. The van der Waals surface area contributed by atoms with E-state index in [-0.39, 0.29) is 56.4 Å². The summed E-state index contributed by atoms with van der Waals surface area (Å²) in [6, 6.07) is -6.74. The Bertz CT molecular complexity index is 1660. The molecule has 24 heteroatoms. The van der Waals surface area contributed by atoms with Gasteiger partial charge in [-0.2, -0.15) is 0 Å². The smallest absolute Gasteiger partial charge is 0.243 e. The van der Waals surface area contributed by atoms with E-state index < -0.39 is 133 Å². The first-order valence-electron chi connectivity index (χ1n) is 22.4. The number of carbonyl (C=O) groups is 11. The second kappa shape index (κ2) is 31.9. The predicted molar refractivity (Wildman–Crippen MR) is 243 cm³/mol. The summed E-state index contributed by atoms with van der Waals surface area (Å²) in [5, 5.41) is 22.3. The van der Waals surface area contributed by atoms with Crippen LogP contribution < -0.4 is 70.8 Å². The fourth-order valence-corrected chi connectivity index (χ4v) is 6.30. The first kappa shape index (κ1) is 60.1. The van der Waals surface area contributed by atoms with Crippen molar-refractivity contribution in [2.24, 2.45) is 46.6 Å². The number of hydrogen-bond donors (Lipinski definition) is 13. The highest BCUT2D eigenvalue weighted by atomic mass is 16.2. The molecular formula is C42H77N13O11. The van der Waals surface area contributed by atoms with Crippen molar-refractivity contribution in [1.29, 1.82) is 0 Å². The summed E-state index contributed by atoms with van der Waals surface area (Å²) >= 11 is 0. The minimum atomic E-state index is -1.40. The molecule has 66 heavy (non-hydrogen) atoms. The van der Waals surface area contributed by atoms with Crippen molar-refractivity contribution in [2.45, 2.75) is 143 Å². The van der Waals surface area contributed by atoms with E-state index in [1.54, 1.807) is 27.7 Å². The quantitative estimate of drug-likeness (QED) is 0.0279. The molecule has 17 N–H and O–H groups in total. The van der Waals surface area contributed by atoms with Crippen LogP contribution in [-0.2, 0) is 52.7 Å². The van der Waals surface area contributed by atoms with Gasteiger partial charge in [0.2, 0.25) is 65.0 Å². The van der Waals surface area contributed by atoms with Crippen molar-refractivity contribution in [2.75, 3.05) is 32.7 Å². The number of nitrogens with two attached hydrogens (primary N) is 4. The summed E-state index contributed by atoms with van der Waals surface area (Å²) in [5.41, 5.74) is 21.9. The lowest BCUT2D eigenvalue weighted by molar-refractivity contribution is -0.135. The topological polar surface area (TPSA) is 400 Å². The molecule has 0 rings (SSSR count). The van der Waals surface area contributed by atoms with E-state index in [1.807, 2.05) is 27.7 Å². The third-order valence-electron chi connectivity index (χ3n) is 9.64. The molecule has 0 aromatic heterocycles. The maximum atomic E-state index is 13.6. The fourth-order valence-electron chi connectivity index (χ4n) is 6.30. The average molecular weight is 940 g/mol. The highest BCUT2D eigenvalue weighted by Crippen LogP contribution is 2.10. The Labute approximate surface area is 387 Å². The number of nitrogens with one attached hydrogen (secondary N) is 9. The molecule has 0 heterocycles. The van der Waals surface area contributed by atoms with Gasteiger partial charge in [-0.1, -0.05) is 55.4 Å². The Balaban J connectivity index is 5.77. The van der Waals surface area contributed by atoms with Gasteiger partial charge in [0, 0.05) is 6.42 Å². The second-order valence-corrected chi connectivity index (χ2v) is 17.8. The van der Waals surface area contributed by atoms with Gasteiger partial charge in [0.05, 0.1) is 32.2 Å². The average Bonchev–Trinajstić information content (AvgIpc) is 3.21. The van der Waals surface area contributed by atoms with Crippen LogP contribution in [0.15, 0.2) is 0 Å². The Morgan fingerprint density at radius 3 is 1.26 bits per heavy atom. The van der Waals surface area contributed by atoms with Crippen LogP contribution in [-0.4, -0.2) is 134 Å². The molecule has 0 saturated heterocycles. The Kier molecular flexibility index (Phi) is 29.0. The minimum Gasteiger partial charge on any atom is -0.370 e. The first-order valence-corrected chi connectivity index (χ1v) is 22.4. The predicted octanol–water partition coefficient (Wildman–Crippen LogP) is -4.12. The lowest BCUT2D eigenvalue weighted by Gasteiger charge is -2.28. The Hall–Kier alpha value is -5.91. The Morgan fingerprint density at radius 2 is 0.833 bits per heavy atom. The normalized spacial score (nSPS) is 13.8. The molecular weight excluding hydrogens is 863 g/mol. The number of primary amides is 2. The molecule has 0 aliphatic rings. The van der Waals surface area contributed by atoms with Crippen LogP contribution in [0.4, 0.5) is 0 Å². The second-order valence-electron chi connectivity index (χ2n) is 17.8. The van der Waals surface area contributed by atoms with Gasteiger partial charge in [-0.3, -0.25) is 52.7 Å². The molecule has 0 aliphatic carbocycles. The van der Waals surface area contributed by atoms with E-state index in [4.69, 9.17) is 22.9 Å². The van der Waals surface area contributed by atoms with Crippen LogP contribution in [0.25, 0.3) is 0 Å². The molecule has 0 aromatic carbocycles. The number of carbonyl (C=O) groups excluding carboxylic acids is 11. The summed E-state index contributed by atoms with van der Waals surface area (Å²) in [5.74, 6) is -8.60. The van der Waals surface area contributed by atoms with E-state index in [1.165, 1.54) is 0 Å². The molecule has 24 nitrogen and oxygen atoms in total. The summed E-state index contributed by atoms with van der Waals surface area (Å²) in [6.07, 6.45) is 1.14. The molecule has 0 unspecified atom stereocenters. The summed E-state index contributed by atoms with van der Waals surface area (Å²) in [6.45, 7) is 12.4. The van der Waals surface area contributed by atoms with Gasteiger partial charge in [-0.05, 0) is 75.2 Å². The highest BCUT2D eigenvalue weighted by molar-refractivity contribution is 5.97. The largest absolute Gasteiger partial charge is 0.370 e. The van der Waals surface area contributed by atoms with Crippen molar-refractivity contribution >= 4 is 65.0 Å². The molecule has 0 bridgehead atoms. The van der Waals surface area contributed by atoms with Crippen molar-refractivity contribution in [3.63, 3.8) is 0 Å². The molecule has 6 atom stereocenters. The number of rotatable bonds is 33. The van der Waals surface area contributed by atoms with Crippen molar-refractivity contribution in [3.8, 4) is 0 Å². The molecule has 376 valence electrons. The van der Waals surface area contributed by atoms with E-state index in [9.17, 15) is 52.7 Å². The van der Waals surface area contributed by atoms with Gasteiger partial charge in [0.1, 0.15) is 30.2 Å². The number of unbranched alkanes of at least 4 members (excludes halogenated alkanes) is 1. The zero-order valence-corrected chi connectivity index (χ0v) is 39.8. The summed E-state index contributed by atoms with van der Waals surface area (Å²) in [4.78, 5) is 140. The molecule has 0 spiro atoms. The third-order valence-corrected chi connectivity index (χ3v) is 9.64. The first-order chi connectivity index (χ1) is 30.8. The lowest BCUT2D eigenvalue weighted by Crippen LogP contribution is -2.59. The molecule has 0 fully saturated rings. The van der Waals surface area contributed by atoms with Gasteiger partial charge < -0.3 is 70.8 Å². The number of hydrogen-bond acceptors (Lipinski definition) is 13. The molecule has 0 radical (unpaired) electrons. The van der Waals surface area contributed by atoms with E-state index >= 15 is 0 Å². The van der Waals surface area contributed by atoms with Crippen LogP contribution in [0.5, 0.6) is 0 Å². The van der Waals surface area contributed by atoms with Gasteiger partial charge >= 0.3 is 0 Å². The monoisotopic (exact) mass is 940 g/mol. The summed E-state index contributed by atoms with van der Waals surface area (Å²) in [7, 11) is 0. The number of amides is 11. The van der Waals surface area contributed by atoms with Crippen molar-refractivity contribution < 1.29 is 52.7 Å². The van der Waals surface area contributed by atoms with Gasteiger partial charge in [0.15, 0.2) is 0 Å². The van der Waals surface area contributed by atoms with Crippen LogP contribution >= 0.6 is 0 Å². The van der Waals surface area contributed by atoms with Crippen LogP contribution in [0.1, 0.15) is 107 Å². The van der Waals surface area contributed by atoms with E-state index in [0.29, 0.717) is 19.3 Å².